The van der Waals surface area contributed by atoms with Gasteiger partial charge in [-0.15, -0.1) is 0 Å². The molecule has 0 fully saturated rings. The molecule has 3 rings (SSSR count). The van der Waals surface area contributed by atoms with Gasteiger partial charge in [-0.25, -0.2) is 5.43 Å². The second kappa shape index (κ2) is 6.84. The number of carbonyl (C=O) groups is 1. The summed E-state index contributed by atoms with van der Waals surface area (Å²) in [7, 11) is 0. The number of amides is 1. The number of aryl methyl sites for hydroxylation is 2. The third kappa shape index (κ3) is 3.46. The van der Waals surface area contributed by atoms with E-state index in [1.165, 1.54) is 0 Å². The molecule has 24 heavy (non-hydrogen) atoms. The first-order chi connectivity index (χ1) is 11.5. The van der Waals surface area contributed by atoms with E-state index in [0.29, 0.717) is 5.02 Å². The Hall–Kier alpha value is -2.66. The van der Waals surface area contributed by atoms with Crippen LogP contribution in [0.15, 0.2) is 47.6 Å². The lowest BCUT2D eigenvalue weighted by Crippen LogP contribution is -2.23. The van der Waals surface area contributed by atoms with Crippen LogP contribution in [0.2, 0.25) is 5.02 Å². The first-order valence-corrected chi connectivity index (χ1v) is 7.92. The van der Waals surface area contributed by atoms with Gasteiger partial charge in [0.2, 0.25) is 0 Å². The van der Waals surface area contributed by atoms with Gasteiger partial charge < -0.3 is 0 Å². The number of nitrogens with zero attached hydrogens (tertiary/aromatic N) is 3. The number of fused-ring (bicyclic) bond motifs is 1. The van der Waals surface area contributed by atoms with Crippen LogP contribution in [0.1, 0.15) is 16.8 Å². The number of benzene rings is 2. The highest BCUT2D eigenvalue weighted by atomic mass is 35.5. The maximum Gasteiger partial charge on any atom is 0.261 e. The largest absolute Gasteiger partial charge is 0.271 e. The lowest BCUT2D eigenvalue weighted by molar-refractivity contribution is -0.121. The van der Waals surface area contributed by atoms with E-state index in [1.807, 2.05) is 56.3 Å². The summed E-state index contributed by atoms with van der Waals surface area (Å²) in [5, 5.41) is 10.0. The SMILES string of the molecule is Cc1cc2c(C)nn(CC(=O)N/N=C\c3ccccc3)c2cc1Cl. The quantitative estimate of drug-likeness (QED) is 0.584. The van der Waals surface area contributed by atoms with Crippen molar-refractivity contribution >= 4 is 34.6 Å². The van der Waals surface area contributed by atoms with Crippen LogP contribution < -0.4 is 5.43 Å². The molecule has 0 aliphatic rings. The lowest BCUT2D eigenvalue weighted by Gasteiger charge is -2.04. The van der Waals surface area contributed by atoms with Gasteiger partial charge in [-0.3, -0.25) is 9.48 Å². The number of hydrogen-bond donors (Lipinski definition) is 1. The molecule has 0 bridgehead atoms. The van der Waals surface area contributed by atoms with Gasteiger partial charge in [0.25, 0.3) is 5.91 Å². The number of nitrogens with one attached hydrogen (secondary N) is 1. The van der Waals surface area contributed by atoms with E-state index < -0.39 is 0 Å². The molecule has 0 aliphatic heterocycles. The van der Waals surface area contributed by atoms with Crippen molar-refractivity contribution < 1.29 is 4.79 Å². The summed E-state index contributed by atoms with van der Waals surface area (Å²) in [6.45, 7) is 3.94. The Morgan fingerprint density at radius 2 is 2.04 bits per heavy atom. The van der Waals surface area contributed by atoms with Crippen molar-refractivity contribution in [1.82, 2.24) is 15.2 Å². The third-order valence-corrected chi connectivity index (χ3v) is 4.12. The van der Waals surface area contributed by atoms with Gasteiger partial charge >= 0.3 is 0 Å². The highest BCUT2D eigenvalue weighted by Gasteiger charge is 2.12. The topological polar surface area (TPSA) is 59.3 Å². The molecule has 1 aromatic heterocycles. The molecule has 1 heterocycles. The van der Waals surface area contributed by atoms with Crippen molar-refractivity contribution in [3.63, 3.8) is 0 Å². The Kier molecular flexibility index (Phi) is 4.62. The molecule has 0 unspecified atom stereocenters. The summed E-state index contributed by atoms with van der Waals surface area (Å²) in [5.41, 5.74) is 6.13. The summed E-state index contributed by atoms with van der Waals surface area (Å²) in [5.74, 6) is -0.247. The third-order valence-electron chi connectivity index (χ3n) is 3.71. The predicted molar refractivity (Wildman–Crippen MR) is 96.4 cm³/mol. The van der Waals surface area contributed by atoms with Gasteiger partial charge in [0.05, 0.1) is 17.4 Å². The van der Waals surface area contributed by atoms with Crippen molar-refractivity contribution in [2.75, 3.05) is 0 Å². The van der Waals surface area contributed by atoms with E-state index in [9.17, 15) is 4.79 Å². The van der Waals surface area contributed by atoms with Gasteiger partial charge in [-0.05, 0) is 37.1 Å². The standard InChI is InChI=1S/C18H17ClN4O/c1-12-8-15-13(2)22-23(17(15)9-16(12)19)11-18(24)21-20-10-14-6-4-3-5-7-14/h3-10H,11H2,1-2H3,(H,21,24)/b20-10-. The van der Waals surface area contributed by atoms with Crippen LogP contribution in [0.3, 0.4) is 0 Å². The fourth-order valence-corrected chi connectivity index (χ4v) is 2.63. The molecule has 5 nitrogen and oxygen atoms in total. The van der Waals surface area contributed by atoms with Crippen LogP contribution in [0, 0.1) is 13.8 Å². The fraction of sp³-hybridized carbons (Fsp3) is 0.167. The van der Waals surface area contributed by atoms with Gasteiger partial charge in [-0.2, -0.15) is 10.2 Å². The van der Waals surface area contributed by atoms with Crippen molar-refractivity contribution in [3.05, 3.63) is 64.3 Å². The molecule has 3 aromatic rings. The summed E-state index contributed by atoms with van der Waals surface area (Å²) in [6.07, 6.45) is 1.60. The zero-order valence-electron chi connectivity index (χ0n) is 13.5. The Labute approximate surface area is 144 Å². The second-order valence-electron chi connectivity index (χ2n) is 5.57. The van der Waals surface area contributed by atoms with E-state index in [1.54, 1.807) is 10.9 Å². The number of hydrazone groups is 1. The van der Waals surface area contributed by atoms with Gasteiger partial charge in [0, 0.05) is 10.4 Å². The van der Waals surface area contributed by atoms with E-state index in [0.717, 1.165) is 27.7 Å². The molecule has 0 saturated heterocycles. The predicted octanol–water partition coefficient (Wildman–Crippen LogP) is 3.46. The maximum absolute atomic E-state index is 12.1. The highest BCUT2D eigenvalue weighted by Crippen LogP contribution is 2.25. The molecule has 1 amide bonds. The molecule has 0 spiro atoms. The number of carbonyl (C=O) groups excluding carboxylic acids is 1. The summed E-state index contributed by atoms with van der Waals surface area (Å²) in [4.78, 5) is 12.1. The van der Waals surface area contributed by atoms with Crippen molar-refractivity contribution in [2.45, 2.75) is 20.4 Å². The van der Waals surface area contributed by atoms with Crippen molar-refractivity contribution in [1.29, 1.82) is 0 Å². The molecule has 2 aromatic carbocycles. The van der Waals surface area contributed by atoms with E-state index >= 15 is 0 Å². The Bertz CT molecular complexity index is 916. The first-order valence-electron chi connectivity index (χ1n) is 7.55. The molecule has 6 heteroatoms. The Morgan fingerprint density at radius 1 is 1.29 bits per heavy atom. The van der Waals surface area contributed by atoms with Crippen LogP contribution in [-0.4, -0.2) is 21.9 Å². The average molecular weight is 341 g/mol. The van der Waals surface area contributed by atoms with Crippen LogP contribution >= 0.6 is 11.6 Å². The number of rotatable bonds is 4. The minimum atomic E-state index is -0.247. The van der Waals surface area contributed by atoms with Crippen LogP contribution in [0.4, 0.5) is 0 Å². The maximum atomic E-state index is 12.1. The number of halogens is 1. The number of aromatic nitrogens is 2. The van der Waals surface area contributed by atoms with Gasteiger partial charge in [0.1, 0.15) is 6.54 Å². The minimum Gasteiger partial charge on any atom is -0.271 e. The van der Waals surface area contributed by atoms with Gasteiger partial charge in [-0.1, -0.05) is 41.9 Å². The van der Waals surface area contributed by atoms with E-state index in [-0.39, 0.29) is 12.5 Å². The summed E-state index contributed by atoms with van der Waals surface area (Å²) < 4.78 is 1.64. The van der Waals surface area contributed by atoms with Crippen molar-refractivity contribution in [3.8, 4) is 0 Å². The zero-order chi connectivity index (χ0) is 17.1. The monoisotopic (exact) mass is 340 g/mol. The molecule has 122 valence electrons. The van der Waals surface area contributed by atoms with E-state index in [2.05, 4.69) is 15.6 Å². The smallest absolute Gasteiger partial charge is 0.261 e. The Balaban J connectivity index is 1.74. The van der Waals surface area contributed by atoms with Crippen LogP contribution in [0.5, 0.6) is 0 Å². The van der Waals surface area contributed by atoms with Crippen LogP contribution in [-0.2, 0) is 11.3 Å². The molecule has 1 N–H and O–H groups in total. The minimum absolute atomic E-state index is 0.0792. The molecule has 0 radical (unpaired) electrons. The van der Waals surface area contributed by atoms with Gasteiger partial charge in [0.15, 0.2) is 0 Å². The Morgan fingerprint density at radius 3 is 2.79 bits per heavy atom. The summed E-state index contributed by atoms with van der Waals surface area (Å²) in [6, 6.07) is 13.4. The lowest BCUT2D eigenvalue weighted by atomic mass is 10.1. The molecule has 0 saturated carbocycles. The molecular formula is C18H17ClN4O. The second-order valence-corrected chi connectivity index (χ2v) is 5.97. The molecule has 0 aliphatic carbocycles. The summed E-state index contributed by atoms with van der Waals surface area (Å²) >= 11 is 6.19. The fourth-order valence-electron chi connectivity index (χ4n) is 2.47. The highest BCUT2D eigenvalue weighted by molar-refractivity contribution is 6.32. The van der Waals surface area contributed by atoms with Crippen molar-refractivity contribution in [2.24, 2.45) is 5.10 Å². The number of hydrogen-bond acceptors (Lipinski definition) is 3. The van der Waals surface area contributed by atoms with E-state index in [4.69, 9.17) is 11.6 Å². The zero-order valence-corrected chi connectivity index (χ0v) is 14.2. The molecular weight excluding hydrogens is 324 g/mol. The first kappa shape index (κ1) is 16.2. The average Bonchev–Trinajstić information content (AvgIpc) is 2.84. The molecule has 0 atom stereocenters. The normalized spacial score (nSPS) is 11.3. The van der Waals surface area contributed by atoms with Crippen LogP contribution in [0.25, 0.3) is 10.9 Å².